The van der Waals surface area contributed by atoms with E-state index < -0.39 is 0 Å². The first-order valence-electron chi connectivity index (χ1n) is 6.86. The lowest BCUT2D eigenvalue weighted by molar-refractivity contribution is -0.132. The minimum absolute atomic E-state index is 0.00338. The molecule has 0 atom stereocenters. The summed E-state index contributed by atoms with van der Waals surface area (Å²) >= 11 is 1.41. The summed E-state index contributed by atoms with van der Waals surface area (Å²) in [5.41, 5.74) is 7.45. The topological polar surface area (TPSA) is 68.5 Å². The summed E-state index contributed by atoms with van der Waals surface area (Å²) in [6.45, 7) is 5.36. The molecule has 1 aromatic carbocycles. The Labute approximate surface area is 128 Å². The van der Waals surface area contributed by atoms with Crippen molar-refractivity contribution in [3.63, 3.8) is 0 Å². The Morgan fingerprint density at radius 1 is 1.29 bits per heavy atom. The molecule has 0 aliphatic rings. The molecule has 0 aliphatic carbocycles. The van der Waals surface area contributed by atoms with Crippen LogP contribution in [0.3, 0.4) is 0 Å². The SMILES string of the molecule is CCN(CC)C(=O)COc1ccc(-c2csc(N)n2)cc1. The number of benzene rings is 1. The van der Waals surface area contributed by atoms with Gasteiger partial charge in [0.05, 0.1) is 5.69 Å². The minimum Gasteiger partial charge on any atom is -0.484 e. The zero-order chi connectivity index (χ0) is 15.2. The molecular weight excluding hydrogens is 286 g/mol. The van der Waals surface area contributed by atoms with Gasteiger partial charge in [-0.3, -0.25) is 4.79 Å². The summed E-state index contributed by atoms with van der Waals surface area (Å²) in [4.78, 5) is 17.8. The van der Waals surface area contributed by atoms with Gasteiger partial charge >= 0.3 is 0 Å². The number of anilines is 1. The molecule has 112 valence electrons. The van der Waals surface area contributed by atoms with Crippen LogP contribution in [0.1, 0.15) is 13.8 Å². The van der Waals surface area contributed by atoms with Gasteiger partial charge < -0.3 is 15.4 Å². The second-order valence-corrected chi connectivity index (χ2v) is 5.34. The Balaban J connectivity index is 1.95. The van der Waals surface area contributed by atoms with E-state index in [1.54, 1.807) is 4.90 Å². The molecule has 2 rings (SSSR count). The van der Waals surface area contributed by atoms with Crippen molar-refractivity contribution in [3.8, 4) is 17.0 Å². The van der Waals surface area contributed by atoms with Crippen LogP contribution in [0.2, 0.25) is 0 Å². The highest BCUT2D eigenvalue weighted by Crippen LogP contribution is 2.24. The number of thiazole rings is 1. The molecule has 1 aromatic heterocycles. The zero-order valence-corrected chi connectivity index (χ0v) is 13.0. The van der Waals surface area contributed by atoms with Crippen molar-refractivity contribution < 1.29 is 9.53 Å². The average molecular weight is 305 g/mol. The van der Waals surface area contributed by atoms with Gasteiger partial charge in [0.1, 0.15) is 5.75 Å². The molecule has 1 heterocycles. The minimum atomic E-state index is -0.00338. The van der Waals surface area contributed by atoms with Gasteiger partial charge in [-0.1, -0.05) is 0 Å². The van der Waals surface area contributed by atoms with Crippen LogP contribution >= 0.6 is 11.3 Å². The van der Waals surface area contributed by atoms with E-state index in [0.29, 0.717) is 24.0 Å². The first-order valence-corrected chi connectivity index (χ1v) is 7.74. The van der Waals surface area contributed by atoms with Crippen molar-refractivity contribution in [1.29, 1.82) is 0 Å². The van der Waals surface area contributed by atoms with Crippen LogP contribution in [0.25, 0.3) is 11.3 Å². The first-order chi connectivity index (χ1) is 10.1. The summed E-state index contributed by atoms with van der Waals surface area (Å²) in [5.74, 6) is 0.666. The monoisotopic (exact) mass is 305 g/mol. The highest BCUT2D eigenvalue weighted by Gasteiger charge is 2.10. The van der Waals surface area contributed by atoms with Gasteiger partial charge in [-0.25, -0.2) is 4.98 Å². The van der Waals surface area contributed by atoms with Gasteiger partial charge in [-0.05, 0) is 38.1 Å². The second kappa shape index (κ2) is 7.08. The molecule has 2 N–H and O–H groups in total. The summed E-state index contributed by atoms with van der Waals surface area (Å²) in [6, 6.07) is 7.48. The van der Waals surface area contributed by atoms with Crippen LogP contribution in [-0.2, 0) is 4.79 Å². The molecule has 0 saturated heterocycles. The van der Waals surface area contributed by atoms with Gasteiger partial charge in [0.2, 0.25) is 0 Å². The van der Waals surface area contributed by atoms with E-state index >= 15 is 0 Å². The van der Waals surface area contributed by atoms with Crippen LogP contribution in [0, 0.1) is 0 Å². The number of hydrogen-bond acceptors (Lipinski definition) is 5. The number of aromatic nitrogens is 1. The van der Waals surface area contributed by atoms with Crippen molar-refractivity contribution in [2.75, 3.05) is 25.4 Å². The second-order valence-electron chi connectivity index (χ2n) is 4.45. The number of ether oxygens (including phenoxy) is 1. The van der Waals surface area contributed by atoms with E-state index in [9.17, 15) is 4.79 Å². The maximum absolute atomic E-state index is 11.8. The Kier molecular flexibility index (Phi) is 5.16. The van der Waals surface area contributed by atoms with Crippen LogP contribution in [-0.4, -0.2) is 35.5 Å². The van der Waals surface area contributed by atoms with Crippen molar-refractivity contribution >= 4 is 22.4 Å². The lowest BCUT2D eigenvalue weighted by atomic mass is 10.2. The number of nitrogen functional groups attached to an aromatic ring is 1. The lowest BCUT2D eigenvalue weighted by Crippen LogP contribution is -2.34. The van der Waals surface area contributed by atoms with Crippen LogP contribution in [0.4, 0.5) is 5.13 Å². The molecule has 0 unspecified atom stereocenters. The van der Waals surface area contributed by atoms with Gasteiger partial charge in [0.15, 0.2) is 11.7 Å². The summed E-state index contributed by atoms with van der Waals surface area (Å²) in [5, 5.41) is 2.46. The smallest absolute Gasteiger partial charge is 0.260 e. The zero-order valence-electron chi connectivity index (χ0n) is 12.2. The molecule has 0 saturated carbocycles. The highest BCUT2D eigenvalue weighted by atomic mass is 32.1. The fourth-order valence-corrected chi connectivity index (χ4v) is 2.53. The maximum atomic E-state index is 11.8. The van der Waals surface area contributed by atoms with Crippen LogP contribution in [0.15, 0.2) is 29.6 Å². The Bertz CT molecular complexity index is 591. The summed E-state index contributed by atoms with van der Waals surface area (Å²) in [6.07, 6.45) is 0. The van der Waals surface area contributed by atoms with E-state index in [0.717, 1.165) is 11.3 Å². The van der Waals surface area contributed by atoms with Gasteiger partial charge in [-0.2, -0.15) is 0 Å². The van der Waals surface area contributed by atoms with Crippen molar-refractivity contribution in [3.05, 3.63) is 29.6 Å². The third kappa shape index (κ3) is 3.95. The van der Waals surface area contributed by atoms with Crippen LogP contribution < -0.4 is 10.5 Å². The quantitative estimate of drug-likeness (QED) is 0.891. The number of nitrogens with two attached hydrogens (primary N) is 1. The third-order valence-electron chi connectivity index (χ3n) is 3.15. The molecule has 0 aliphatic heterocycles. The Morgan fingerprint density at radius 2 is 1.95 bits per heavy atom. The standard InChI is InChI=1S/C15H19N3O2S/c1-3-18(4-2)14(19)9-20-12-7-5-11(6-8-12)13-10-21-15(16)17-13/h5-8,10H,3-4,9H2,1-2H3,(H2,16,17). The molecule has 0 bridgehead atoms. The van der Waals surface area contributed by atoms with Crippen molar-refractivity contribution in [2.45, 2.75) is 13.8 Å². The van der Waals surface area contributed by atoms with Gasteiger partial charge in [0.25, 0.3) is 5.91 Å². The van der Waals surface area contributed by atoms with E-state index in [1.807, 2.05) is 43.5 Å². The van der Waals surface area contributed by atoms with Gasteiger partial charge in [-0.15, -0.1) is 11.3 Å². The van der Waals surface area contributed by atoms with E-state index in [1.165, 1.54) is 11.3 Å². The molecule has 6 heteroatoms. The van der Waals surface area contributed by atoms with E-state index in [2.05, 4.69) is 4.98 Å². The highest BCUT2D eigenvalue weighted by molar-refractivity contribution is 7.13. The summed E-state index contributed by atoms with van der Waals surface area (Å²) < 4.78 is 5.51. The molecule has 0 fully saturated rings. The predicted molar refractivity (Wildman–Crippen MR) is 85.4 cm³/mol. The van der Waals surface area contributed by atoms with E-state index in [-0.39, 0.29) is 12.5 Å². The average Bonchev–Trinajstić information content (AvgIpc) is 2.93. The van der Waals surface area contributed by atoms with Gasteiger partial charge in [0, 0.05) is 24.0 Å². The fraction of sp³-hybridized carbons (Fsp3) is 0.333. The number of carbonyl (C=O) groups excluding carboxylic acids is 1. The summed E-state index contributed by atoms with van der Waals surface area (Å²) in [7, 11) is 0. The molecule has 1 amide bonds. The largest absolute Gasteiger partial charge is 0.484 e. The van der Waals surface area contributed by atoms with Crippen molar-refractivity contribution in [2.24, 2.45) is 0 Å². The number of nitrogens with zero attached hydrogens (tertiary/aromatic N) is 2. The molecule has 5 nitrogen and oxygen atoms in total. The normalized spacial score (nSPS) is 10.4. The third-order valence-corrected chi connectivity index (χ3v) is 3.82. The molecule has 2 aromatic rings. The van der Waals surface area contributed by atoms with Crippen LogP contribution in [0.5, 0.6) is 5.75 Å². The number of carbonyl (C=O) groups is 1. The molecular formula is C15H19N3O2S. The Morgan fingerprint density at radius 3 is 2.48 bits per heavy atom. The number of hydrogen-bond donors (Lipinski definition) is 1. The number of likely N-dealkylation sites (N-methyl/N-ethyl adjacent to an activating group) is 1. The molecule has 21 heavy (non-hydrogen) atoms. The maximum Gasteiger partial charge on any atom is 0.260 e. The lowest BCUT2D eigenvalue weighted by Gasteiger charge is -2.18. The molecule has 0 spiro atoms. The predicted octanol–water partition coefficient (Wildman–Crippen LogP) is 2.64. The van der Waals surface area contributed by atoms with E-state index in [4.69, 9.17) is 10.5 Å². The first kappa shape index (κ1) is 15.3. The number of rotatable bonds is 6. The molecule has 0 radical (unpaired) electrons. The number of amides is 1. The van der Waals surface area contributed by atoms with Crippen molar-refractivity contribution in [1.82, 2.24) is 9.88 Å². The fourth-order valence-electron chi connectivity index (χ4n) is 1.95. The Hall–Kier alpha value is -2.08.